The standard InChI is InChI=1S/C33H25ClN4O2/c1-23-11-15-28(16-12-23)36-33(39)26(20-35)19-27-21-38(29-8-3-2-4-9-29)37-32(27)24-13-17-30(18-14-24)40-22-25-7-5-6-10-31(25)34/h2-19,21H,22H2,1H3,(H,36,39). The second kappa shape index (κ2) is 12.2. The summed E-state index contributed by atoms with van der Waals surface area (Å²) in [6.45, 7) is 2.31. The van der Waals surface area contributed by atoms with E-state index >= 15 is 0 Å². The number of hydrogen-bond donors (Lipinski definition) is 1. The summed E-state index contributed by atoms with van der Waals surface area (Å²) in [4.78, 5) is 13.0. The van der Waals surface area contributed by atoms with Gasteiger partial charge in [0.25, 0.3) is 5.91 Å². The van der Waals surface area contributed by atoms with Gasteiger partial charge < -0.3 is 10.1 Å². The van der Waals surface area contributed by atoms with Gasteiger partial charge in [-0.15, -0.1) is 0 Å². The lowest BCUT2D eigenvalue weighted by atomic mass is 10.1. The van der Waals surface area contributed by atoms with Gasteiger partial charge in [-0.05, 0) is 67.6 Å². The number of carbonyl (C=O) groups excluding carboxylic acids is 1. The number of halogens is 1. The zero-order valence-electron chi connectivity index (χ0n) is 21.7. The summed E-state index contributed by atoms with van der Waals surface area (Å²) in [6.07, 6.45) is 3.37. The molecule has 196 valence electrons. The number of nitrogens with one attached hydrogen (secondary N) is 1. The van der Waals surface area contributed by atoms with E-state index in [4.69, 9.17) is 21.4 Å². The number of aryl methyl sites for hydroxylation is 1. The first-order chi connectivity index (χ1) is 19.5. The molecule has 0 saturated heterocycles. The third-order valence-electron chi connectivity index (χ3n) is 6.22. The van der Waals surface area contributed by atoms with E-state index in [-0.39, 0.29) is 5.57 Å². The van der Waals surface area contributed by atoms with Crippen molar-refractivity contribution >= 4 is 29.3 Å². The number of aromatic nitrogens is 2. The summed E-state index contributed by atoms with van der Waals surface area (Å²) in [5.74, 6) is 0.187. The van der Waals surface area contributed by atoms with Gasteiger partial charge in [-0.2, -0.15) is 10.4 Å². The molecular weight excluding hydrogens is 520 g/mol. The summed E-state index contributed by atoms with van der Waals surface area (Å²) < 4.78 is 7.66. The molecule has 1 N–H and O–H groups in total. The van der Waals surface area contributed by atoms with E-state index < -0.39 is 5.91 Å². The van der Waals surface area contributed by atoms with E-state index in [1.54, 1.807) is 22.9 Å². The normalized spacial score (nSPS) is 11.1. The van der Waals surface area contributed by atoms with E-state index in [2.05, 4.69) is 5.32 Å². The molecule has 0 radical (unpaired) electrons. The van der Waals surface area contributed by atoms with Crippen LogP contribution in [0.2, 0.25) is 5.02 Å². The number of rotatable bonds is 8. The maximum absolute atomic E-state index is 13.0. The number of nitrogens with zero attached hydrogens (tertiary/aromatic N) is 3. The molecule has 7 heteroatoms. The Kier molecular flexibility index (Phi) is 8.05. The quantitative estimate of drug-likeness (QED) is 0.161. The molecule has 5 aromatic rings. The number of carbonyl (C=O) groups is 1. The summed E-state index contributed by atoms with van der Waals surface area (Å²) in [5.41, 5.74) is 5.47. The third kappa shape index (κ3) is 6.29. The van der Waals surface area contributed by atoms with Crippen LogP contribution in [0.4, 0.5) is 5.69 Å². The lowest BCUT2D eigenvalue weighted by Gasteiger charge is -2.08. The lowest BCUT2D eigenvalue weighted by molar-refractivity contribution is -0.112. The van der Waals surface area contributed by atoms with Crippen LogP contribution in [0.5, 0.6) is 5.75 Å². The Morgan fingerprint density at radius 2 is 1.68 bits per heavy atom. The van der Waals surface area contributed by atoms with Gasteiger partial charge in [0.05, 0.1) is 11.4 Å². The predicted molar refractivity (Wildman–Crippen MR) is 158 cm³/mol. The average Bonchev–Trinajstić information content (AvgIpc) is 3.41. The Balaban J connectivity index is 1.44. The molecule has 0 aliphatic heterocycles. The number of para-hydroxylation sites is 1. The van der Waals surface area contributed by atoms with E-state index in [0.717, 1.165) is 22.4 Å². The van der Waals surface area contributed by atoms with E-state index in [9.17, 15) is 10.1 Å². The van der Waals surface area contributed by atoms with Crippen molar-refractivity contribution in [1.29, 1.82) is 5.26 Å². The molecular formula is C33H25ClN4O2. The Bertz CT molecular complexity index is 1700. The molecule has 1 amide bonds. The zero-order chi connectivity index (χ0) is 27.9. The largest absolute Gasteiger partial charge is 0.489 e. The van der Waals surface area contributed by atoms with Gasteiger partial charge in [-0.1, -0.05) is 65.7 Å². The van der Waals surface area contributed by atoms with Gasteiger partial charge in [0, 0.05) is 33.6 Å². The van der Waals surface area contributed by atoms with Crippen LogP contribution in [0.25, 0.3) is 23.0 Å². The van der Waals surface area contributed by atoms with Crippen LogP contribution in [-0.4, -0.2) is 15.7 Å². The number of amides is 1. The fourth-order valence-electron chi connectivity index (χ4n) is 4.06. The molecule has 0 aliphatic rings. The first-order valence-electron chi connectivity index (χ1n) is 12.6. The van der Waals surface area contributed by atoms with Crippen LogP contribution in [0, 0.1) is 18.3 Å². The van der Waals surface area contributed by atoms with Crippen molar-refractivity contribution in [1.82, 2.24) is 9.78 Å². The van der Waals surface area contributed by atoms with Crippen molar-refractivity contribution < 1.29 is 9.53 Å². The summed E-state index contributed by atoms with van der Waals surface area (Å²) in [7, 11) is 0. The van der Waals surface area contributed by atoms with Crippen molar-refractivity contribution in [3.05, 3.63) is 137 Å². The van der Waals surface area contributed by atoms with Gasteiger partial charge in [0.2, 0.25) is 0 Å². The Morgan fingerprint density at radius 3 is 2.38 bits per heavy atom. The maximum atomic E-state index is 13.0. The first kappa shape index (κ1) is 26.5. The first-order valence-corrected chi connectivity index (χ1v) is 13.0. The van der Waals surface area contributed by atoms with Crippen LogP contribution in [0.1, 0.15) is 16.7 Å². The Labute approximate surface area is 237 Å². The minimum atomic E-state index is -0.493. The molecule has 0 unspecified atom stereocenters. The van der Waals surface area contributed by atoms with Gasteiger partial charge >= 0.3 is 0 Å². The fourth-order valence-corrected chi connectivity index (χ4v) is 4.25. The number of benzene rings is 4. The maximum Gasteiger partial charge on any atom is 0.266 e. The van der Waals surface area contributed by atoms with Crippen LogP contribution >= 0.6 is 11.6 Å². The van der Waals surface area contributed by atoms with Crippen molar-refractivity contribution in [2.75, 3.05) is 5.32 Å². The minimum absolute atomic E-state index is 0.0332. The zero-order valence-corrected chi connectivity index (χ0v) is 22.5. The molecule has 0 aliphatic carbocycles. The second-order valence-electron chi connectivity index (χ2n) is 9.11. The molecule has 5 rings (SSSR count). The molecule has 1 heterocycles. The lowest BCUT2D eigenvalue weighted by Crippen LogP contribution is -2.13. The van der Waals surface area contributed by atoms with E-state index in [0.29, 0.717) is 34.3 Å². The highest BCUT2D eigenvalue weighted by atomic mass is 35.5. The molecule has 1 aromatic heterocycles. The average molecular weight is 545 g/mol. The van der Waals surface area contributed by atoms with E-state index in [1.807, 2.05) is 110 Å². The van der Waals surface area contributed by atoms with Crippen molar-refractivity contribution in [2.45, 2.75) is 13.5 Å². The minimum Gasteiger partial charge on any atom is -0.489 e. The van der Waals surface area contributed by atoms with Gasteiger partial charge in [-0.25, -0.2) is 4.68 Å². The van der Waals surface area contributed by atoms with Gasteiger partial charge in [0.1, 0.15) is 24.0 Å². The summed E-state index contributed by atoms with van der Waals surface area (Å²) in [6, 6.07) is 34.2. The highest BCUT2D eigenvalue weighted by Crippen LogP contribution is 2.28. The highest BCUT2D eigenvalue weighted by Gasteiger charge is 2.16. The van der Waals surface area contributed by atoms with Crippen LogP contribution in [0.15, 0.2) is 115 Å². The van der Waals surface area contributed by atoms with Crippen molar-refractivity contribution in [3.63, 3.8) is 0 Å². The van der Waals surface area contributed by atoms with Gasteiger partial charge in [0.15, 0.2) is 0 Å². The third-order valence-corrected chi connectivity index (χ3v) is 6.59. The van der Waals surface area contributed by atoms with Crippen LogP contribution in [0.3, 0.4) is 0 Å². The van der Waals surface area contributed by atoms with E-state index in [1.165, 1.54) is 0 Å². The number of anilines is 1. The molecule has 0 saturated carbocycles. The number of ether oxygens (including phenoxy) is 1. The summed E-state index contributed by atoms with van der Waals surface area (Å²) >= 11 is 6.25. The Morgan fingerprint density at radius 1 is 0.975 bits per heavy atom. The van der Waals surface area contributed by atoms with Crippen molar-refractivity contribution in [3.8, 4) is 28.8 Å². The second-order valence-corrected chi connectivity index (χ2v) is 9.51. The molecule has 6 nitrogen and oxygen atoms in total. The van der Waals surface area contributed by atoms with Crippen LogP contribution < -0.4 is 10.1 Å². The predicted octanol–water partition coefficient (Wildman–Crippen LogP) is 7.63. The molecule has 0 spiro atoms. The molecule has 4 aromatic carbocycles. The highest BCUT2D eigenvalue weighted by molar-refractivity contribution is 6.31. The summed E-state index contributed by atoms with van der Waals surface area (Å²) in [5, 5.41) is 18.1. The van der Waals surface area contributed by atoms with Crippen LogP contribution in [-0.2, 0) is 11.4 Å². The molecule has 40 heavy (non-hydrogen) atoms. The van der Waals surface area contributed by atoms with Crippen molar-refractivity contribution in [2.24, 2.45) is 0 Å². The van der Waals surface area contributed by atoms with Gasteiger partial charge in [-0.3, -0.25) is 4.79 Å². The monoisotopic (exact) mass is 544 g/mol. The number of hydrogen-bond acceptors (Lipinski definition) is 4. The molecule has 0 atom stereocenters. The number of nitriles is 1. The topological polar surface area (TPSA) is 79.9 Å². The molecule has 0 fully saturated rings. The molecule has 0 bridgehead atoms. The fraction of sp³-hybridized carbons (Fsp3) is 0.0606. The Hall–Kier alpha value is -5.12. The smallest absolute Gasteiger partial charge is 0.266 e. The SMILES string of the molecule is Cc1ccc(NC(=O)C(C#N)=Cc2cn(-c3ccccc3)nc2-c2ccc(OCc3ccccc3Cl)cc2)cc1.